The van der Waals surface area contributed by atoms with Crippen LogP contribution in [-0.2, 0) is 6.61 Å². The molecule has 5 nitrogen and oxygen atoms in total. The summed E-state index contributed by atoms with van der Waals surface area (Å²) in [4.78, 5) is 17.4. The summed E-state index contributed by atoms with van der Waals surface area (Å²) in [5.74, 6) is 0.759. The number of nitrogens with zero attached hydrogens (tertiary/aromatic N) is 1. The molecule has 6 heteroatoms. The summed E-state index contributed by atoms with van der Waals surface area (Å²) in [6, 6.07) is 29.6. The third kappa shape index (κ3) is 4.73. The van der Waals surface area contributed by atoms with Gasteiger partial charge in [0.15, 0.2) is 5.58 Å². The van der Waals surface area contributed by atoms with Crippen LogP contribution in [-0.4, -0.2) is 10.9 Å². The van der Waals surface area contributed by atoms with Crippen molar-refractivity contribution >= 4 is 34.3 Å². The maximum atomic E-state index is 12.9. The van der Waals surface area contributed by atoms with Crippen LogP contribution in [0.3, 0.4) is 0 Å². The molecular formula is C27H19ClN2O3. The fourth-order valence-corrected chi connectivity index (χ4v) is 3.62. The van der Waals surface area contributed by atoms with E-state index in [2.05, 4.69) is 10.3 Å². The number of oxazole rings is 1. The molecule has 5 aromatic rings. The van der Waals surface area contributed by atoms with E-state index in [1.54, 1.807) is 36.4 Å². The van der Waals surface area contributed by atoms with Gasteiger partial charge in [-0.15, -0.1) is 0 Å². The molecule has 0 aliphatic heterocycles. The van der Waals surface area contributed by atoms with Crippen LogP contribution in [0.4, 0.5) is 5.69 Å². The molecule has 0 fully saturated rings. The smallest absolute Gasteiger partial charge is 0.255 e. The summed E-state index contributed by atoms with van der Waals surface area (Å²) in [6.45, 7) is 0.428. The first-order valence-corrected chi connectivity index (χ1v) is 10.8. The number of halogens is 1. The highest BCUT2D eigenvalue weighted by molar-refractivity contribution is 6.33. The molecule has 0 unspecified atom stereocenters. The van der Waals surface area contributed by atoms with Gasteiger partial charge in [-0.1, -0.05) is 60.1 Å². The van der Waals surface area contributed by atoms with Crippen LogP contribution in [0.2, 0.25) is 5.02 Å². The number of aromatic nitrogens is 1. The highest BCUT2D eigenvalue weighted by Gasteiger charge is 2.14. The number of nitrogens with one attached hydrogen (secondary N) is 1. The van der Waals surface area contributed by atoms with E-state index in [0.29, 0.717) is 45.7 Å². The van der Waals surface area contributed by atoms with Crippen molar-refractivity contribution in [1.82, 2.24) is 4.98 Å². The van der Waals surface area contributed by atoms with Crippen LogP contribution in [0, 0.1) is 0 Å². The monoisotopic (exact) mass is 454 g/mol. The molecule has 0 spiro atoms. The molecule has 1 amide bonds. The lowest BCUT2D eigenvalue weighted by molar-refractivity contribution is 0.102. The summed E-state index contributed by atoms with van der Waals surface area (Å²) in [7, 11) is 0. The van der Waals surface area contributed by atoms with E-state index in [-0.39, 0.29) is 5.91 Å². The lowest BCUT2D eigenvalue weighted by Crippen LogP contribution is -2.12. The number of hydrogen-bond acceptors (Lipinski definition) is 4. The largest absolute Gasteiger partial charge is 0.489 e. The number of anilines is 1. The Morgan fingerprint density at radius 3 is 2.58 bits per heavy atom. The Labute approximate surface area is 195 Å². The summed E-state index contributed by atoms with van der Waals surface area (Å²) in [5, 5.41) is 3.39. The topological polar surface area (TPSA) is 64.4 Å². The number of hydrogen-bond donors (Lipinski definition) is 1. The minimum Gasteiger partial charge on any atom is -0.489 e. The van der Waals surface area contributed by atoms with E-state index < -0.39 is 0 Å². The van der Waals surface area contributed by atoms with E-state index in [1.165, 1.54) is 0 Å². The van der Waals surface area contributed by atoms with Gasteiger partial charge in [-0.2, -0.15) is 0 Å². The number of amides is 1. The van der Waals surface area contributed by atoms with Crippen LogP contribution in [0.5, 0.6) is 5.75 Å². The van der Waals surface area contributed by atoms with Crippen molar-refractivity contribution in [2.24, 2.45) is 0 Å². The van der Waals surface area contributed by atoms with E-state index in [4.69, 9.17) is 20.8 Å². The first-order chi connectivity index (χ1) is 16.2. The van der Waals surface area contributed by atoms with Gasteiger partial charge in [0.25, 0.3) is 5.91 Å². The Balaban J connectivity index is 1.33. The van der Waals surface area contributed by atoms with Gasteiger partial charge >= 0.3 is 0 Å². The zero-order valence-corrected chi connectivity index (χ0v) is 18.3. The van der Waals surface area contributed by atoms with Gasteiger partial charge in [0.05, 0.1) is 10.6 Å². The molecule has 0 atom stereocenters. The Morgan fingerprint density at radius 2 is 1.73 bits per heavy atom. The van der Waals surface area contributed by atoms with Crippen molar-refractivity contribution in [3.8, 4) is 17.2 Å². The second-order valence-corrected chi connectivity index (χ2v) is 7.84. The Morgan fingerprint density at radius 1 is 0.909 bits per heavy atom. The molecular weight excluding hydrogens is 436 g/mol. The molecule has 1 heterocycles. The molecule has 162 valence electrons. The van der Waals surface area contributed by atoms with Crippen molar-refractivity contribution in [1.29, 1.82) is 0 Å². The summed E-state index contributed by atoms with van der Waals surface area (Å²) in [6.07, 6.45) is 0. The maximum Gasteiger partial charge on any atom is 0.255 e. The van der Waals surface area contributed by atoms with Crippen LogP contribution in [0.15, 0.2) is 101 Å². The Bertz CT molecular complexity index is 1400. The molecule has 33 heavy (non-hydrogen) atoms. The lowest BCUT2D eigenvalue weighted by Gasteiger charge is -2.10. The lowest BCUT2D eigenvalue weighted by atomic mass is 10.1. The molecule has 0 aliphatic carbocycles. The average molecular weight is 455 g/mol. The second kappa shape index (κ2) is 9.18. The number of rotatable bonds is 6. The number of fused-ring (bicyclic) bond motifs is 1. The van der Waals surface area contributed by atoms with Gasteiger partial charge in [0.1, 0.15) is 17.9 Å². The van der Waals surface area contributed by atoms with Crippen molar-refractivity contribution in [2.45, 2.75) is 6.61 Å². The molecule has 5 rings (SSSR count). The first kappa shape index (κ1) is 20.8. The molecule has 4 aromatic carbocycles. The molecule has 0 radical (unpaired) electrons. The van der Waals surface area contributed by atoms with Crippen LogP contribution >= 0.6 is 11.6 Å². The SMILES string of the molecule is O=C(Nc1ccc(Cl)c(-c2nc3ccccc3o2)c1)c1cccc(OCc2ccccc2)c1. The standard InChI is InChI=1S/C27H19ClN2O3/c28-23-14-13-20(16-22(23)27-30-24-11-4-5-12-25(24)33-27)29-26(31)19-9-6-10-21(15-19)32-17-18-7-2-1-3-8-18/h1-16H,17H2,(H,29,31). The number of ether oxygens (including phenoxy) is 1. The van der Waals surface area contributed by atoms with Gasteiger partial charge in [0.2, 0.25) is 5.89 Å². The molecule has 0 bridgehead atoms. The molecule has 0 aliphatic rings. The minimum atomic E-state index is -0.258. The van der Waals surface area contributed by atoms with E-state index in [9.17, 15) is 4.79 Å². The van der Waals surface area contributed by atoms with Crippen LogP contribution in [0.25, 0.3) is 22.6 Å². The van der Waals surface area contributed by atoms with E-state index in [1.807, 2.05) is 60.7 Å². The van der Waals surface area contributed by atoms with Crippen molar-refractivity contribution < 1.29 is 13.9 Å². The zero-order chi connectivity index (χ0) is 22.6. The molecule has 1 aromatic heterocycles. The molecule has 1 N–H and O–H groups in total. The maximum absolute atomic E-state index is 12.9. The number of benzene rings is 4. The van der Waals surface area contributed by atoms with Crippen molar-refractivity contribution in [2.75, 3.05) is 5.32 Å². The zero-order valence-electron chi connectivity index (χ0n) is 17.5. The predicted molar refractivity (Wildman–Crippen MR) is 130 cm³/mol. The quantitative estimate of drug-likeness (QED) is 0.300. The van der Waals surface area contributed by atoms with Gasteiger partial charge in [-0.3, -0.25) is 4.79 Å². The van der Waals surface area contributed by atoms with Crippen molar-refractivity contribution in [3.05, 3.63) is 113 Å². The fraction of sp³-hybridized carbons (Fsp3) is 0.0370. The van der Waals surface area contributed by atoms with Gasteiger partial charge < -0.3 is 14.5 Å². The average Bonchev–Trinajstić information content (AvgIpc) is 3.29. The third-order valence-corrected chi connectivity index (χ3v) is 5.42. The fourth-order valence-electron chi connectivity index (χ4n) is 3.43. The van der Waals surface area contributed by atoms with Crippen LogP contribution < -0.4 is 10.1 Å². The highest BCUT2D eigenvalue weighted by atomic mass is 35.5. The number of carbonyl (C=O) groups is 1. The van der Waals surface area contributed by atoms with Crippen LogP contribution in [0.1, 0.15) is 15.9 Å². The van der Waals surface area contributed by atoms with Gasteiger partial charge in [-0.05, 0) is 54.1 Å². The second-order valence-electron chi connectivity index (χ2n) is 7.44. The normalized spacial score (nSPS) is 10.8. The highest BCUT2D eigenvalue weighted by Crippen LogP contribution is 2.32. The number of carbonyl (C=O) groups excluding carboxylic acids is 1. The molecule has 0 saturated carbocycles. The summed E-state index contributed by atoms with van der Waals surface area (Å²) < 4.78 is 11.7. The van der Waals surface area contributed by atoms with E-state index in [0.717, 1.165) is 11.1 Å². The van der Waals surface area contributed by atoms with Gasteiger partial charge in [0, 0.05) is 11.3 Å². The third-order valence-electron chi connectivity index (χ3n) is 5.09. The predicted octanol–water partition coefficient (Wildman–Crippen LogP) is 6.98. The number of para-hydroxylation sites is 2. The van der Waals surface area contributed by atoms with Crippen molar-refractivity contribution in [3.63, 3.8) is 0 Å². The Kier molecular flexibility index (Phi) is 5.79. The Hall–Kier alpha value is -4.09. The summed E-state index contributed by atoms with van der Waals surface area (Å²) >= 11 is 6.39. The summed E-state index contributed by atoms with van der Waals surface area (Å²) in [5.41, 5.74) is 4.14. The molecule has 0 saturated heterocycles. The minimum absolute atomic E-state index is 0.258. The van der Waals surface area contributed by atoms with E-state index >= 15 is 0 Å². The van der Waals surface area contributed by atoms with Gasteiger partial charge in [-0.25, -0.2) is 4.98 Å². The first-order valence-electron chi connectivity index (χ1n) is 10.4.